The molecule has 2 aromatic carbocycles. The van der Waals surface area contributed by atoms with Crippen LogP contribution in [0.3, 0.4) is 0 Å². The van der Waals surface area contributed by atoms with Gasteiger partial charge in [-0.2, -0.15) is 0 Å². The lowest BCUT2D eigenvalue weighted by Crippen LogP contribution is -2.49. The van der Waals surface area contributed by atoms with Gasteiger partial charge in [0.25, 0.3) is 5.91 Å². The summed E-state index contributed by atoms with van der Waals surface area (Å²) in [6, 6.07) is 10.4. The Labute approximate surface area is 199 Å². The summed E-state index contributed by atoms with van der Waals surface area (Å²) in [6.07, 6.45) is 7.77. The van der Waals surface area contributed by atoms with E-state index >= 15 is 0 Å². The number of nitrogens with zero attached hydrogens (tertiary/aromatic N) is 1. The van der Waals surface area contributed by atoms with Crippen molar-refractivity contribution in [2.75, 3.05) is 13.2 Å². The van der Waals surface area contributed by atoms with Crippen LogP contribution < -0.4 is 14.8 Å². The van der Waals surface area contributed by atoms with Crippen molar-refractivity contribution in [3.8, 4) is 11.5 Å². The lowest BCUT2D eigenvalue weighted by Gasteiger charge is -2.37. The van der Waals surface area contributed by atoms with Crippen molar-refractivity contribution in [3.05, 3.63) is 59.4 Å². The fraction of sp³-hybridized carbons (Fsp3) is 0.481. The molecule has 3 aliphatic rings. The molecule has 1 unspecified atom stereocenters. The summed E-state index contributed by atoms with van der Waals surface area (Å²) in [4.78, 5) is 29.5. The lowest BCUT2D eigenvalue weighted by atomic mass is 9.99. The number of hydrogen-bond donors (Lipinski definition) is 1. The van der Waals surface area contributed by atoms with Gasteiger partial charge in [0.15, 0.2) is 11.5 Å². The SMILES string of the molecule is O=C(NC1CCCC1)C(c1ccc(F)cc1)N(C(=O)c1ccc2c(c1)OCCO2)C1CCCC1. The zero-order valence-electron chi connectivity index (χ0n) is 19.3. The molecule has 34 heavy (non-hydrogen) atoms. The fourth-order valence-electron chi connectivity index (χ4n) is 5.44. The summed E-state index contributed by atoms with van der Waals surface area (Å²) in [5, 5.41) is 3.18. The van der Waals surface area contributed by atoms with Gasteiger partial charge in [-0.1, -0.05) is 37.8 Å². The first kappa shape index (κ1) is 22.7. The van der Waals surface area contributed by atoms with Gasteiger partial charge in [-0.3, -0.25) is 9.59 Å². The van der Waals surface area contributed by atoms with Gasteiger partial charge in [-0.15, -0.1) is 0 Å². The molecule has 7 heteroatoms. The van der Waals surface area contributed by atoms with Crippen LogP contribution in [-0.4, -0.2) is 42.0 Å². The molecule has 6 nitrogen and oxygen atoms in total. The van der Waals surface area contributed by atoms with Crippen molar-refractivity contribution in [2.45, 2.75) is 69.5 Å². The van der Waals surface area contributed by atoms with Gasteiger partial charge >= 0.3 is 0 Å². The van der Waals surface area contributed by atoms with Crippen molar-refractivity contribution < 1.29 is 23.5 Å². The molecule has 1 heterocycles. The molecule has 2 aromatic rings. The molecule has 5 rings (SSSR count). The van der Waals surface area contributed by atoms with Crippen molar-refractivity contribution in [1.82, 2.24) is 10.2 Å². The first-order chi connectivity index (χ1) is 16.6. The minimum absolute atomic E-state index is 0.0647. The quantitative estimate of drug-likeness (QED) is 0.665. The van der Waals surface area contributed by atoms with Crippen molar-refractivity contribution in [3.63, 3.8) is 0 Å². The molecule has 0 spiro atoms. The van der Waals surface area contributed by atoms with E-state index in [0.717, 1.165) is 51.4 Å². The summed E-state index contributed by atoms with van der Waals surface area (Å²) in [6.45, 7) is 0.904. The third-order valence-electron chi connectivity index (χ3n) is 7.16. The van der Waals surface area contributed by atoms with Gasteiger partial charge < -0.3 is 19.7 Å². The maximum Gasteiger partial charge on any atom is 0.255 e. The summed E-state index contributed by atoms with van der Waals surface area (Å²) in [7, 11) is 0. The predicted octanol–water partition coefficient (Wildman–Crippen LogP) is 4.78. The summed E-state index contributed by atoms with van der Waals surface area (Å²) in [5.74, 6) is 0.363. The number of carbonyl (C=O) groups excluding carboxylic acids is 2. The van der Waals surface area contributed by atoms with E-state index in [0.29, 0.717) is 35.8 Å². The van der Waals surface area contributed by atoms with Crippen LogP contribution in [0.4, 0.5) is 4.39 Å². The molecule has 180 valence electrons. The lowest BCUT2D eigenvalue weighted by molar-refractivity contribution is -0.127. The van der Waals surface area contributed by atoms with E-state index in [-0.39, 0.29) is 29.7 Å². The Hall–Kier alpha value is -3.09. The van der Waals surface area contributed by atoms with Crippen molar-refractivity contribution in [1.29, 1.82) is 0 Å². The number of fused-ring (bicyclic) bond motifs is 1. The normalized spacial score (nSPS) is 19.1. The molecule has 2 amide bonds. The van der Waals surface area contributed by atoms with E-state index < -0.39 is 6.04 Å². The highest BCUT2D eigenvalue weighted by atomic mass is 19.1. The number of carbonyl (C=O) groups is 2. The Kier molecular flexibility index (Phi) is 6.70. The molecule has 0 bridgehead atoms. The van der Waals surface area contributed by atoms with Crippen LogP contribution in [0.2, 0.25) is 0 Å². The number of benzene rings is 2. The first-order valence-electron chi connectivity index (χ1n) is 12.4. The number of nitrogens with one attached hydrogen (secondary N) is 1. The second-order valence-corrected chi connectivity index (χ2v) is 9.45. The van der Waals surface area contributed by atoms with E-state index in [9.17, 15) is 14.0 Å². The average molecular weight is 467 g/mol. The Morgan fingerprint density at radius 2 is 1.53 bits per heavy atom. The van der Waals surface area contributed by atoms with Gasteiger partial charge in [0.1, 0.15) is 25.1 Å². The fourth-order valence-corrected chi connectivity index (χ4v) is 5.44. The van der Waals surface area contributed by atoms with Gasteiger partial charge in [0, 0.05) is 17.6 Å². The third-order valence-corrected chi connectivity index (χ3v) is 7.16. The molecule has 2 aliphatic carbocycles. The topological polar surface area (TPSA) is 67.9 Å². The zero-order valence-corrected chi connectivity index (χ0v) is 19.3. The zero-order chi connectivity index (χ0) is 23.5. The molecule has 0 aromatic heterocycles. The second kappa shape index (κ2) is 10.0. The van der Waals surface area contributed by atoms with Gasteiger partial charge in [-0.25, -0.2) is 4.39 Å². The average Bonchev–Trinajstić information content (AvgIpc) is 3.57. The highest BCUT2D eigenvalue weighted by Crippen LogP contribution is 2.36. The van der Waals surface area contributed by atoms with Gasteiger partial charge in [-0.05, 0) is 61.6 Å². The van der Waals surface area contributed by atoms with Crippen LogP contribution in [0.15, 0.2) is 42.5 Å². The summed E-state index contributed by atoms with van der Waals surface area (Å²) in [5.41, 5.74) is 1.08. The smallest absolute Gasteiger partial charge is 0.255 e. The second-order valence-electron chi connectivity index (χ2n) is 9.45. The molecular weight excluding hydrogens is 435 g/mol. The number of amides is 2. The molecule has 0 saturated heterocycles. The maximum atomic E-state index is 14.0. The van der Waals surface area contributed by atoms with Crippen molar-refractivity contribution >= 4 is 11.8 Å². The molecule has 2 saturated carbocycles. The van der Waals surface area contributed by atoms with E-state index in [2.05, 4.69) is 5.32 Å². The van der Waals surface area contributed by atoms with Crippen LogP contribution in [0.5, 0.6) is 11.5 Å². The van der Waals surface area contributed by atoms with E-state index in [1.807, 2.05) is 0 Å². The van der Waals surface area contributed by atoms with Gasteiger partial charge in [0.2, 0.25) is 5.91 Å². The third kappa shape index (κ3) is 4.74. The molecule has 1 N–H and O–H groups in total. The number of halogens is 1. The van der Waals surface area contributed by atoms with Crippen LogP contribution in [0, 0.1) is 5.82 Å². The molecule has 0 radical (unpaired) electrons. The Balaban J connectivity index is 1.52. The Morgan fingerprint density at radius 1 is 0.882 bits per heavy atom. The van der Waals surface area contributed by atoms with E-state index in [1.54, 1.807) is 35.2 Å². The number of hydrogen-bond acceptors (Lipinski definition) is 4. The maximum absolute atomic E-state index is 14.0. The Morgan fingerprint density at radius 3 is 2.24 bits per heavy atom. The minimum Gasteiger partial charge on any atom is -0.486 e. The molecule has 1 aliphatic heterocycles. The number of ether oxygens (including phenoxy) is 2. The van der Waals surface area contributed by atoms with Crippen LogP contribution in [0.1, 0.15) is 73.3 Å². The van der Waals surface area contributed by atoms with Gasteiger partial charge in [0.05, 0.1) is 0 Å². The molecular formula is C27H31FN2O4. The monoisotopic (exact) mass is 466 g/mol. The Bertz CT molecular complexity index is 1030. The van der Waals surface area contributed by atoms with Crippen LogP contribution >= 0.6 is 0 Å². The highest BCUT2D eigenvalue weighted by molar-refractivity contribution is 5.98. The number of rotatable bonds is 6. The van der Waals surface area contributed by atoms with Crippen molar-refractivity contribution in [2.24, 2.45) is 0 Å². The molecule has 1 atom stereocenters. The van der Waals surface area contributed by atoms with Crippen LogP contribution in [-0.2, 0) is 4.79 Å². The first-order valence-corrected chi connectivity index (χ1v) is 12.4. The summed E-state index contributed by atoms with van der Waals surface area (Å²) < 4.78 is 25.1. The predicted molar refractivity (Wildman–Crippen MR) is 125 cm³/mol. The van der Waals surface area contributed by atoms with E-state index in [4.69, 9.17) is 9.47 Å². The van der Waals surface area contributed by atoms with E-state index in [1.165, 1.54) is 12.1 Å². The summed E-state index contributed by atoms with van der Waals surface area (Å²) >= 11 is 0. The highest BCUT2D eigenvalue weighted by Gasteiger charge is 2.39. The largest absolute Gasteiger partial charge is 0.486 e. The van der Waals surface area contributed by atoms with Crippen LogP contribution in [0.25, 0.3) is 0 Å². The standard InChI is InChI=1S/C27H31FN2O4/c28-20-12-9-18(10-13-20)25(26(31)29-21-5-1-2-6-21)30(22-7-3-4-8-22)27(32)19-11-14-23-24(17-19)34-16-15-33-23/h9-14,17,21-22,25H,1-8,15-16H2,(H,29,31). The molecule has 2 fully saturated rings. The minimum atomic E-state index is -0.829.